The average molecular weight is 400 g/mol. The van der Waals surface area contributed by atoms with E-state index < -0.39 is 0 Å². The Labute approximate surface area is 174 Å². The van der Waals surface area contributed by atoms with E-state index >= 15 is 0 Å². The number of carbonyl (C=O) groups excluding carboxylic acids is 1. The molecular weight excluding hydrogens is 366 g/mol. The molecule has 2 rings (SSSR count). The Morgan fingerprint density at radius 2 is 1.62 bits per heavy atom. The molecule has 2 aromatic rings. The summed E-state index contributed by atoms with van der Waals surface area (Å²) in [6.07, 6.45) is 1.08. The summed E-state index contributed by atoms with van der Waals surface area (Å²) in [5, 5.41) is 3.10. The number of benzene rings is 2. The molecule has 29 heavy (non-hydrogen) atoms. The van der Waals surface area contributed by atoms with Crippen LogP contribution in [0.15, 0.2) is 36.4 Å². The van der Waals surface area contributed by atoms with Gasteiger partial charge in [-0.3, -0.25) is 4.79 Å². The minimum atomic E-state index is -0.0617. The molecule has 0 radical (unpaired) electrons. The minimum absolute atomic E-state index is 0.0251. The Balaban J connectivity index is 1.86. The maximum Gasteiger partial charge on any atom is 0.220 e. The normalized spacial score (nSPS) is 11.8. The summed E-state index contributed by atoms with van der Waals surface area (Å²) in [6.45, 7) is 8.84. The van der Waals surface area contributed by atoms with Gasteiger partial charge < -0.3 is 19.5 Å². The highest BCUT2D eigenvalue weighted by Crippen LogP contribution is 2.32. The van der Waals surface area contributed by atoms with Crippen molar-refractivity contribution in [2.75, 3.05) is 20.8 Å². The number of rotatable bonds is 10. The van der Waals surface area contributed by atoms with Gasteiger partial charge in [-0.15, -0.1) is 0 Å². The number of methoxy groups -OCH3 is 2. The van der Waals surface area contributed by atoms with Gasteiger partial charge >= 0.3 is 0 Å². The summed E-state index contributed by atoms with van der Waals surface area (Å²) in [7, 11) is 3.33. The van der Waals surface area contributed by atoms with Gasteiger partial charge in [0.05, 0.1) is 26.9 Å². The van der Waals surface area contributed by atoms with Crippen molar-refractivity contribution in [3.63, 3.8) is 0 Å². The quantitative estimate of drug-likeness (QED) is 0.560. The molecule has 5 heteroatoms. The molecule has 0 heterocycles. The fourth-order valence-electron chi connectivity index (χ4n) is 3.30. The van der Waals surface area contributed by atoms with E-state index in [4.69, 9.17) is 14.2 Å². The number of ether oxygens (including phenoxy) is 3. The van der Waals surface area contributed by atoms with Crippen LogP contribution in [-0.4, -0.2) is 26.7 Å². The molecule has 0 spiro atoms. The molecule has 0 saturated heterocycles. The fraction of sp³-hybridized carbons (Fsp3) is 0.458. The van der Waals surface area contributed by atoms with E-state index in [-0.39, 0.29) is 11.9 Å². The first kappa shape index (κ1) is 22.6. The van der Waals surface area contributed by atoms with Gasteiger partial charge in [-0.25, -0.2) is 0 Å². The van der Waals surface area contributed by atoms with Gasteiger partial charge in [0, 0.05) is 6.42 Å². The Morgan fingerprint density at radius 3 is 2.21 bits per heavy atom. The van der Waals surface area contributed by atoms with Crippen molar-refractivity contribution < 1.29 is 19.0 Å². The summed E-state index contributed by atoms with van der Waals surface area (Å²) in [6, 6.07) is 11.6. The van der Waals surface area contributed by atoms with Crippen LogP contribution < -0.4 is 19.5 Å². The predicted octanol–water partition coefficient (Wildman–Crippen LogP) is 5.17. The third-order valence-electron chi connectivity index (χ3n) is 4.96. The van der Waals surface area contributed by atoms with Crippen LogP contribution in [0.4, 0.5) is 0 Å². The van der Waals surface area contributed by atoms with E-state index in [0.29, 0.717) is 25.4 Å². The number of hydrogen-bond acceptors (Lipinski definition) is 4. The Bertz CT molecular complexity index is 799. The topological polar surface area (TPSA) is 56.8 Å². The van der Waals surface area contributed by atoms with Crippen molar-refractivity contribution in [2.24, 2.45) is 0 Å². The van der Waals surface area contributed by atoms with Gasteiger partial charge in [-0.2, -0.15) is 0 Å². The van der Waals surface area contributed by atoms with E-state index in [1.165, 1.54) is 0 Å². The van der Waals surface area contributed by atoms with Gasteiger partial charge in [0.1, 0.15) is 17.2 Å². The van der Waals surface area contributed by atoms with Gasteiger partial charge in [0.2, 0.25) is 5.91 Å². The van der Waals surface area contributed by atoms with Gasteiger partial charge in [-0.1, -0.05) is 13.8 Å². The SMILES string of the molecule is COc1ccc(OCCCC(=O)N[C@@H](C)c2cc(C(C)C)c(OC)cc2C)cc1. The third kappa shape index (κ3) is 6.41. The lowest BCUT2D eigenvalue weighted by molar-refractivity contribution is -0.121. The van der Waals surface area contributed by atoms with E-state index in [0.717, 1.165) is 33.9 Å². The maximum absolute atomic E-state index is 12.4. The van der Waals surface area contributed by atoms with E-state index in [1.807, 2.05) is 38.1 Å². The second-order valence-electron chi connectivity index (χ2n) is 7.52. The van der Waals surface area contributed by atoms with Gasteiger partial charge in [-0.05, 0) is 79.3 Å². The Kier molecular flexibility index (Phi) is 8.37. The van der Waals surface area contributed by atoms with Crippen LogP contribution in [0.2, 0.25) is 0 Å². The molecule has 0 aromatic heterocycles. The van der Waals surface area contributed by atoms with Crippen LogP contribution in [0.25, 0.3) is 0 Å². The van der Waals surface area contributed by atoms with Crippen molar-refractivity contribution in [3.8, 4) is 17.2 Å². The zero-order chi connectivity index (χ0) is 21.4. The highest BCUT2D eigenvalue weighted by Gasteiger charge is 2.16. The van der Waals surface area contributed by atoms with Crippen molar-refractivity contribution in [1.82, 2.24) is 5.32 Å². The minimum Gasteiger partial charge on any atom is -0.497 e. The number of amides is 1. The molecule has 0 fully saturated rings. The summed E-state index contributed by atoms with van der Waals surface area (Å²) in [4.78, 5) is 12.4. The molecule has 0 saturated carbocycles. The molecule has 0 bridgehead atoms. The highest BCUT2D eigenvalue weighted by atomic mass is 16.5. The number of aryl methyl sites for hydroxylation is 1. The van der Waals surface area contributed by atoms with Crippen LogP contribution in [0.5, 0.6) is 17.2 Å². The summed E-state index contributed by atoms with van der Waals surface area (Å²) in [5.41, 5.74) is 3.39. The summed E-state index contributed by atoms with van der Waals surface area (Å²) >= 11 is 0. The molecule has 2 aromatic carbocycles. The van der Waals surface area contributed by atoms with Crippen LogP contribution in [0, 0.1) is 6.92 Å². The maximum atomic E-state index is 12.4. The molecule has 0 unspecified atom stereocenters. The van der Waals surface area contributed by atoms with Crippen molar-refractivity contribution in [2.45, 2.75) is 52.5 Å². The molecule has 1 atom stereocenters. The van der Waals surface area contributed by atoms with Gasteiger partial charge in [0.25, 0.3) is 0 Å². The number of nitrogens with one attached hydrogen (secondary N) is 1. The predicted molar refractivity (Wildman–Crippen MR) is 116 cm³/mol. The van der Waals surface area contributed by atoms with Gasteiger partial charge in [0.15, 0.2) is 0 Å². The van der Waals surface area contributed by atoms with E-state index in [1.54, 1.807) is 14.2 Å². The summed E-state index contributed by atoms with van der Waals surface area (Å²) in [5.74, 6) is 2.84. The zero-order valence-corrected chi connectivity index (χ0v) is 18.4. The Hall–Kier alpha value is -2.69. The highest BCUT2D eigenvalue weighted by molar-refractivity contribution is 5.76. The number of hydrogen-bond donors (Lipinski definition) is 1. The first-order chi connectivity index (χ1) is 13.8. The lowest BCUT2D eigenvalue weighted by atomic mass is 9.93. The molecule has 158 valence electrons. The second kappa shape index (κ2) is 10.7. The van der Waals surface area contributed by atoms with Crippen LogP contribution in [0.3, 0.4) is 0 Å². The molecule has 1 amide bonds. The largest absolute Gasteiger partial charge is 0.497 e. The summed E-state index contributed by atoms with van der Waals surface area (Å²) < 4.78 is 16.3. The lowest BCUT2D eigenvalue weighted by Gasteiger charge is -2.21. The van der Waals surface area contributed by atoms with Crippen LogP contribution in [0.1, 0.15) is 62.3 Å². The average Bonchev–Trinajstić information content (AvgIpc) is 2.70. The van der Waals surface area contributed by atoms with E-state index in [2.05, 4.69) is 31.3 Å². The zero-order valence-electron chi connectivity index (χ0n) is 18.4. The molecular formula is C24H33NO4. The monoisotopic (exact) mass is 399 g/mol. The van der Waals surface area contributed by atoms with Crippen molar-refractivity contribution >= 4 is 5.91 Å². The standard InChI is InChI=1S/C24H33NO4/c1-16(2)21-15-22(17(3)14-23(21)28-6)18(4)25-24(26)8-7-13-29-20-11-9-19(27-5)10-12-20/h9-12,14-16,18H,7-8,13H2,1-6H3,(H,25,26)/t18-/m0/s1. The van der Waals surface area contributed by atoms with E-state index in [9.17, 15) is 4.79 Å². The fourth-order valence-corrected chi connectivity index (χ4v) is 3.30. The third-order valence-corrected chi connectivity index (χ3v) is 4.96. The molecule has 0 aliphatic heterocycles. The number of carbonyl (C=O) groups is 1. The van der Waals surface area contributed by atoms with Crippen LogP contribution >= 0.6 is 0 Å². The van der Waals surface area contributed by atoms with Crippen molar-refractivity contribution in [3.05, 3.63) is 53.1 Å². The first-order valence-electron chi connectivity index (χ1n) is 10.1. The molecule has 5 nitrogen and oxygen atoms in total. The molecule has 1 N–H and O–H groups in total. The van der Waals surface area contributed by atoms with Crippen LogP contribution in [-0.2, 0) is 4.79 Å². The first-order valence-corrected chi connectivity index (χ1v) is 10.1. The smallest absolute Gasteiger partial charge is 0.220 e. The Morgan fingerprint density at radius 1 is 0.966 bits per heavy atom. The second-order valence-corrected chi connectivity index (χ2v) is 7.52. The molecule has 0 aliphatic carbocycles. The molecule has 0 aliphatic rings. The lowest BCUT2D eigenvalue weighted by Crippen LogP contribution is -2.27. The van der Waals surface area contributed by atoms with Crippen molar-refractivity contribution in [1.29, 1.82) is 0 Å².